The van der Waals surface area contributed by atoms with Gasteiger partial charge in [-0.2, -0.15) is 0 Å². The summed E-state index contributed by atoms with van der Waals surface area (Å²) in [6.45, 7) is 5.84. The zero-order valence-corrected chi connectivity index (χ0v) is 10.2. The van der Waals surface area contributed by atoms with E-state index in [1.54, 1.807) is 0 Å². The molecule has 0 saturated heterocycles. The number of hydrogen-bond acceptors (Lipinski definition) is 3. The monoisotopic (exact) mass is 243 g/mol. The SMILES string of the molecule is CC(C)(C)Sc1ccc(F)c(N)c1C(=O)O. The molecule has 0 aliphatic heterocycles. The number of benzene rings is 1. The number of halogens is 1. The molecule has 0 atom stereocenters. The summed E-state index contributed by atoms with van der Waals surface area (Å²) in [4.78, 5) is 11.5. The molecule has 0 aliphatic carbocycles. The van der Waals surface area contributed by atoms with Crippen LogP contribution >= 0.6 is 11.8 Å². The van der Waals surface area contributed by atoms with Gasteiger partial charge in [-0.25, -0.2) is 9.18 Å². The van der Waals surface area contributed by atoms with Gasteiger partial charge in [0.15, 0.2) is 0 Å². The first kappa shape index (κ1) is 12.8. The number of hydrogen-bond donors (Lipinski definition) is 2. The highest BCUT2D eigenvalue weighted by molar-refractivity contribution is 8.00. The van der Waals surface area contributed by atoms with Crippen LogP contribution in [0.15, 0.2) is 17.0 Å². The Labute approximate surface area is 97.8 Å². The van der Waals surface area contributed by atoms with E-state index in [9.17, 15) is 9.18 Å². The Balaban J connectivity index is 3.29. The van der Waals surface area contributed by atoms with Gasteiger partial charge in [-0.05, 0) is 12.1 Å². The first-order valence-electron chi connectivity index (χ1n) is 4.72. The first-order valence-corrected chi connectivity index (χ1v) is 5.54. The van der Waals surface area contributed by atoms with Gasteiger partial charge in [0.05, 0.1) is 11.3 Å². The largest absolute Gasteiger partial charge is 0.478 e. The lowest BCUT2D eigenvalue weighted by Gasteiger charge is -2.19. The van der Waals surface area contributed by atoms with Crippen molar-refractivity contribution in [2.75, 3.05) is 5.73 Å². The molecular weight excluding hydrogens is 229 g/mol. The van der Waals surface area contributed by atoms with E-state index < -0.39 is 11.8 Å². The van der Waals surface area contributed by atoms with Crippen molar-refractivity contribution < 1.29 is 14.3 Å². The van der Waals surface area contributed by atoms with E-state index in [0.29, 0.717) is 4.90 Å². The van der Waals surface area contributed by atoms with Gasteiger partial charge in [-0.1, -0.05) is 20.8 Å². The summed E-state index contributed by atoms with van der Waals surface area (Å²) in [5.74, 6) is -1.90. The molecule has 88 valence electrons. The predicted octanol–water partition coefficient (Wildman–Crippen LogP) is 3.00. The van der Waals surface area contributed by atoms with Crippen LogP contribution < -0.4 is 5.73 Å². The third-order valence-corrected chi connectivity index (χ3v) is 2.96. The number of aromatic carboxylic acids is 1. The van der Waals surface area contributed by atoms with E-state index in [4.69, 9.17) is 10.8 Å². The van der Waals surface area contributed by atoms with Crippen molar-refractivity contribution in [2.45, 2.75) is 30.4 Å². The highest BCUT2D eigenvalue weighted by Gasteiger charge is 2.21. The fourth-order valence-electron chi connectivity index (χ4n) is 1.21. The van der Waals surface area contributed by atoms with Crippen LogP contribution in [-0.4, -0.2) is 15.8 Å². The van der Waals surface area contributed by atoms with Gasteiger partial charge in [-0.15, -0.1) is 11.8 Å². The summed E-state index contributed by atoms with van der Waals surface area (Å²) >= 11 is 1.35. The van der Waals surface area contributed by atoms with Crippen LogP contribution in [0.3, 0.4) is 0 Å². The van der Waals surface area contributed by atoms with Crippen molar-refractivity contribution in [3.8, 4) is 0 Å². The van der Waals surface area contributed by atoms with E-state index in [-0.39, 0.29) is 16.0 Å². The highest BCUT2D eigenvalue weighted by Crippen LogP contribution is 2.36. The topological polar surface area (TPSA) is 63.3 Å². The summed E-state index contributed by atoms with van der Waals surface area (Å²) in [5.41, 5.74) is 4.98. The second-order valence-electron chi connectivity index (χ2n) is 4.35. The second kappa shape index (κ2) is 4.33. The number of anilines is 1. The van der Waals surface area contributed by atoms with E-state index in [1.807, 2.05) is 20.8 Å². The zero-order chi connectivity index (χ0) is 12.5. The van der Waals surface area contributed by atoms with Crippen molar-refractivity contribution in [3.63, 3.8) is 0 Å². The fourth-order valence-corrected chi connectivity index (χ4v) is 2.30. The van der Waals surface area contributed by atoms with Crippen LogP contribution in [0.25, 0.3) is 0 Å². The number of carboxylic acid groups (broad SMARTS) is 1. The van der Waals surface area contributed by atoms with Crippen molar-refractivity contribution in [3.05, 3.63) is 23.5 Å². The van der Waals surface area contributed by atoms with E-state index >= 15 is 0 Å². The third kappa shape index (κ3) is 2.88. The molecule has 5 heteroatoms. The normalized spacial score (nSPS) is 11.5. The molecule has 0 amide bonds. The third-order valence-electron chi connectivity index (χ3n) is 1.78. The minimum Gasteiger partial charge on any atom is -0.478 e. The Morgan fingerprint density at radius 1 is 1.44 bits per heavy atom. The number of nitrogens with two attached hydrogens (primary N) is 1. The average Bonchev–Trinajstić information content (AvgIpc) is 2.08. The van der Waals surface area contributed by atoms with Crippen LogP contribution in [0.2, 0.25) is 0 Å². The van der Waals surface area contributed by atoms with Crippen LogP contribution in [0.4, 0.5) is 10.1 Å². The van der Waals surface area contributed by atoms with E-state index in [2.05, 4.69) is 0 Å². The zero-order valence-electron chi connectivity index (χ0n) is 9.37. The van der Waals surface area contributed by atoms with Gasteiger partial charge in [0.25, 0.3) is 0 Å². The van der Waals surface area contributed by atoms with Gasteiger partial charge >= 0.3 is 5.97 Å². The van der Waals surface area contributed by atoms with Gasteiger partial charge in [0, 0.05) is 9.64 Å². The first-order chi connectivity index (χ1) is 7.22. The van der Waals surface area contributed by atoms with E-state index in [0.717, 1.165) is 0 Å². The Bertz CT molecular complexity index is 427. The standard InChI is InChI=1S/C11H14FNO2S/c1-11(2,3)16-7-5-4-6(12)9(13)8(7)10(14)15/h4-5H,13H2,1-3H3,(H,14,15). The molecule has 1 aromatic carbocycles. The lowest BCUT2D eigenvalue weighted by molar-refractivity contribution is 0.0694. The molecule has 1 aromatic rings. The van der Waals surface area contributed by atoms with Crippen LogP contribution in [0.5, 0.6) is 0 Å². The van der Waals surface area contributed by atoms with Crippen LogP contribution in [-0.2, 0) is 0 Å². The Morgan fingerprint density at radius 3 is 2.44 bits per heavy atom. The number of carboxylic acids is 1. The molecule has 0 bridgehead atoms. The van der Waals surface area contributed by atoms with Crippen molar-refractivity contribution in [1.29, 1.82) is 0 Å². The second-order valence-corrected chi connectivity index (χ2v) is 6.22. The maximum atomic E-state index is 13.2. The summed E-state index contributed by atoms with van der Waals surface area (Å²) < 4.78 is 13.0. The number of nitrogen functional groups attached to an aromatic ring is 1. The Morgan fingerprint density at radius 2 is 2.00 bits per heavy atom. The van der Waals surface area contributed by atoms with E-state index in [1.165, 1.54) is 23.9 Å². The number of carbonyl (C=O) groups is 1. The number of thioether (sulfide) groups is 1. The minimum absolute atomic E-state index is 0.153. The van der Waals surface area contributed by atoms with Gasteiger partial charge in [-0.3, -0.25) is 0 Å². The lowest BCUT2D eigenvalue weighted by atomic mass is 10.2. The molecule has 0 aromatic heterocycles. The molecule has 0 aliphatic rings. The van der Waals surface area contributed by atoms with Crippen LogP contribution in [0, 0.1) is 5.82 Å². The Hall–Kier alpha value is -1.23. The molecule has 3 N–H and O–H groups in total. The van der Waals surface area contributed by atoms with Gasteiger partial charge in [0.2, 0.25) is 0 Å². The maximum Gasteiger partial charge on any atom is 0.339 e. The average molecular weight is 243 g/mol. The number of rotatable bonds is 2. The Kier molecular flexibility index (Phi) is 3.48. The molecule has 0 heterocycles. The summed E-state index contributed by atoms with van der Waals surface area (Å²) in [6.07, 6.45) is 0. The molecule has 1 rings (SSSR count). The highest BCUT2D eigenvalue weighted by atomic mass is 32.2. The molecule has 0 spiro atoms. The quantitative estimate of drug-likeness (QED) is 0.619. The molecule has 0 saturated carbocycles. The molecular formula is C11H14FNO2S. The lowest BCUT2D eigenvalue weighted by Crippen LogP contribution is -2.11. The van der Waals surface area contributed by atoms with Crippen molar-refractivity contribution >= 4 is 23.4 Å². The molecule has 0 fully saturated rings. The van der Waals surface area contributed by atoms with Crippen molar-refractivity contribution in [2.24, 2.45) is 0 Å². The van der Waals surface area contributed by atoms with Crippen molar-refractivity contribution in [1.82, 2.24) is 0 Å². The minimum atomic E-state index is -1.20. The summed E-state index contributed by atoms with van der Waals surface area (Å²) in [6, 6.07) is 2.64. The van der Waals surface area contributed by atoms with Gasteiger partial charge < -0.3 is 10.8 Å². The molecule has 3 nitrogen and oxygen atoms in total. The predicted molar refractivity (Wildman–Crippen MR) is 63.4 cm³/mol. The van der Waals surface area contributed by atoms with Crippen LogP contribution in [0.1, 0.15) is 31.1 Å². The summed E-state index contributed by atoms with van der Waals surface area (Å²) in [5, 5.41) is 9.01. The maximum absolute atomic E-state index is 13.2. The van der Waals surface area contributed by atoms with Gasteiger partial charge in [0.1, 0.15) is 5.82 Å². The molecule has 16 heavy (non-hydrogen) atoms. The smallest absolute Gasteiger partial charge is 0.339 e. The fraction of sp³-hybridized carbons (Fsp3) is 0.364. The molecule has 0 radical (unpaired) electrons. The molecule has 0 unspecified atom stereocenters. The summed E-state index contributed by atoms with van der Waals surface area (Å²) in [7, 11) is 0.